The Bertz CT molecular complexity index is 1150. The van der Waals surface area contributed by atoms with E-state index in [9.17, 15) is 14.9 Å². The van der Waals surface area contributed by atoms with E-state index < -0.39 is 10.8 Å². The molecule has 0 aliphatic heterocycles. The van der Waals surface area contributed by atoms with Crippen molar-refractivity contribution in [3.8, 4) is 17.2 Å². The van der Waals surface area contributed by atoms with Crippen LogP contribution in [0.4, 0.5) is 5.69 Å². The zero-order valence-corrected chi connectivity index (χ0v) is 17.5. The molecule has 9 nitrogen and oxygen atoms in total. The zero-order chi connectivity index (χ0) is 22.9. The van der Waals surface area contributed by atoms with Crippen LogP contribution in [0.2, 0.25) is 0 Å². The molecule has 0 radical (unpaired) electrons. The number of carbonyl (C=O) groups excluding carboxylic acids is 1. The normalized spacial score (nSPS) is 10.6. The number of nitro groups is 1. The maximum Gasteiger partial charge on any atom is 0.310 e. The molecule has 0 aliphatic rings. The molecule has 0 fully saturated rings. The summed E-state index contributed by atoms with van der Waals surface area (Å²) < 4.78 is 16.2. The van der Waals surface area contributed by atoms with E-state index in [2.05, 4.69) is 10.5 Å². The van der Waals surface area contributed by atoms with Gasteiger partial charge in [-0.15, -0.1) is 0 Å². The van der Waals surface area contributed by atoms with Gasteiger partial charge in [0, 0.05) is 11.6 Å². The number of hydrazone groups is 1. The van der Waals surface area contributed by atoms with Gasteiger partial charge in [-0.3, -0.25) is 14.9 Å². The number of amides is 1. The summed E-state index contributed by atoms with van der Waals surface area (Å²) in [7, 11) is 3.01. The summed E-state index contributed by atoms with van der Waals surface area (Å²) in [6.07, 6.45) is 1.47. The van der Waals surface area contributed by atoms with Gasteiger partial charge < -0.3 is 14.2 Å². The van der Waals surface area contributed by atoms with Gasteiger partial charge in [0.05, 0.1) is 30.9 Å². The first-order valence-electron chi connectivity index (χ1n) is 9.53. The fraction of sp³-hybridized carbons (Fsp3) is 0.130. The van der Waals surface area contributed by atoms with Gasteiger partial charge in [-0.1, -0.05) is 24.3 Å². The quantitative estimate of drug-likeness (QED) is 0.309. The van der Waals surface area contributed by atoms with Crippen LogP contribution < -0.4 is 19.6 Å². The summed E-state index contributed by atoms with van der Waals surface area (Å²) >= 11 is 0. The smallest absolute Gasteiger partial charge is 0.310 e. The van der Waals surface area contributed by atoms with Crippen LogP contribution in [0.3, 0.4) is 0 Å². The van der Waals surface area contributed by atoms with E-state index in [0.29, 0.717) is 28.2 Å². The Hall–Kier alpha value is -4.40. The van der Waals surface area contributed by atoms with Crippen LogP contribution in [-0.2, 0) is 6.61 Å². The van der Waals surface area contributed by atoms with Crippen molar-refractivity contribution in [2.45, 2.75) is 6.61 Å². The fourth-order valence-electron chi connectivity index (χ4n) is 2.94. The average molecular weight is 435 g/mol. The summed E-state index contributed by atoms with van der Waals surface area (Å²) in [4.78, 5) is 23.0. The molecule has 0 heterocycles. The second-order valence-electron chi connectivity index (χ2n) is 6.48. The molecule has 0 bridgehead atoms. The fourth-order valence-corrected chi connectivity index (χ4v) is 2.94. The van der Waals surface area contributed by atoms with E-state index in [-0.39, 0.29) is 18.0 Å². The summed E-state index contributed by atoms with van der Waals surface area (Å²) in [6.45, 7) is 0.0449. The van der Waals surface area contributed by atoms with E-state index in [1.807, 2.05) is 0 Å². The van der Waals surface area contributed by atoms with Gasteiger partial charge in [-0.25, -0.2) is 5.43 Å². The molecule has 0 unspecified atom stereocenters. The lowest BCUT2D eigenvalue weighted by Crippen LogP contribution is -2.18. The molecule has 0 aromatic heterocycles. The summed E-state index contributed by atoms with van der Waals surface area (Å²) in [5.41, 5.74) is 4.03. The van der Waals surface area contributed by atoms with Crippen LogP contribution in [0.25, 0.3) is 0 Å². The van der Waals surface area contributed by atoms with Crippen molar-refractivity contribution in [2.24, 2.45) is 5.10 Å². The van der Waals surface area contributed by atoms with Crippen LogP contribution >= 0.6 is 0 Å². The number of nitro benzene ring substituents is 1. The molecule has 3 aromatic rings. The second kappa shape index (κ2) is 10.6. The van der Waals surface area contributed by atoms with Gasteiger partial charge in [0.25, 0.3) is 5.91 Å². The largest absolute Gasteiger partial charge is 0.496 e. The Kier molecular flexibility index (Phi) is 7.37. The van der Waals surface area contributed by atoms with E-state index in [1.165, 1.54) is 32.6 Å². The van der Waals surface area contributed by atoms with E-state index in [1.54, 1.807) is 54.6 Å². The number of carbonyl (C=O) groups is 1. The van der Waals surface area contributed by atoms with Crippen molar-refractivity contribution >= 4 is 17.8 Å². The van der Waals surface area contributed by atoms with Gasteiger partial charge in [-0.2, -0.15) is 5.10 Å². The summed E-state index contributed by atoms with van der Waals surface area (Å²) in [5, 5.41) is 15.2. The number of nitrogens with zero attached hydrogens (tertiary/aromatic N) is 2. The second-order valence-corrected chi connectivity index (χ2v) is 6.48. The molecular formula is C23H21N3O6. The molecular weight excluding hydrogens is 414 g/mol. The molecule has 3 rings (SSSR count). The molecule has 32 heavy (non-hydrogen) atoms. The number of rotatable bonds is 9. The highest BCUT2D eigenvalue weighted by Crippen LogP contribution is 2.28. The highest BCUT2D eigenvalue weighted by molar-refractivity contribution is 5.97. The highest BCUT2D eigenvalue weighted by atomic mass is 16.6. The van der Waals surface area contributed by atoms with Crippen molar-refractivity contribution < 1.29 is 23.9 Å². The zero-order valence-electron chi connectivity index (χ0n) is 17.5. The van der Waals surface area contributed by atoms with Crippen molar-refractivity contribution in [1.82, 2.24) is 5.43 Å². The monoisotopic (exact) mass is 435 g/mol. The molecule has 164 valence electrons. The maximum absolute atomic E-state index is 12.3. The minimum Gasteiger partial charge on any atom is -0.496 e. The highest BCUT2D eigenvalue weighted by Gasteiger charge is 2.15. The van der Waals surface area contributed by atoms with E-state index >= 15 is 0 Å². The third-order valence-corrected chi connectivity index (χ3v) is 4.48. The van der Waals surface area contributed by atoms with Gasteiger partial charge in [0.2, 0.25) is 0 Å². The number of para-hydroxylation sites is 3. The van der Waals surface area contributed by atoms with Crippen molar-refractivity contribution in [3.63, 3.8) is 0 Å². The third-order valence-electron chi connectivity index (χ3n) is 4.48. The van der Waals surface area contributed by atoms with Crippen LogP contribution in [0.1, 0.15) is 21.5 Å². The van der Waals surface area contributed by atoms with Crippen LogP contribution in [-0.4, -0.2) is 31.3 Å². The number of ether oxygens (including phenoxy) is 3. The topological polar surface area (TPSA) is 112 Å². The molecule has 9 heteroatoms. The molecule has 0 spiro atoms. The van der Waals surface area contributed by atoms with Crippen LogP contribution in [0.15, 0.2) is 71.8 Å². The number of nitrogens with one attached hydrogen (secondary N) is 1. The molecule has 0 saturated heterocycles. The standard InChI is InChI=1S/C23H21N3O6/c1-30-20-12-11-16(14-24-25-23(27)18-7-3-5-9-21(18)31-2)13-17(20)15-32-22-10-6-4-8-19(22)26(28)29/h3-14H,15H2,1-2H3,(H,25,27)/b24-14-. The van der Waals surface area contributed by atoms with Crippen molar-refractivity contribution in [1.29, 1.82) is 0 Å². The predicted octanol–water partition coefficient (Wildman–Crippen LogP) is 3.95. The Morgan fingerprint density at radius 1 is 1.00 bits per heavy atom. The lowest BCUT2D eigenvalue weighted by molar-refractivity contribution is -0.385. The number of hydrogen-bond donors (Lipinski definition) is 1. The average Bonchev–Trinajstić information content (AvgIpc) is 2.82. The minimum atomic E-state index is -0.500. The van der Waals surface area contributed by atoms with Crippen molar-refractivity contribution in [2.75, 3.05) is 14.2 Å². The lowest BCUT2D eigenvalue weighted by atomic mass is 10.1. The summed E-state index contributed by atoms with van der Waals surface area (Å²) in [6, 6.07) is 18.2. The molecule has 3 aromatic carbocycles. The van der Waals surface area contributed by atoms with Crippen LogP contribution in [0, 0.1) is 10.1 Å². The Balaban J connectivity index is 1.72. The van der Waals surface area contributed by atoms with E-state index in [0.717, 1.165) is 0 Å². The molecule has 0 atom stereocenters. The first-order chi connectivity index (χ1) is 15.5. The number of methoxy groups -OCH3 is 2. The van der Waals surface area contributed by atoms with Gasteiger partial charge in [0.15, 0.2) is 5.75 Å². The van der Waals surface area contributed by atoms with Gasteiger partial charge in [-0.05, 0) is 42.0 Å². The molecule has 1 amide bonds. The van der Waals surface area contributed by atoms with Gasteiger partial charge >= 0.3 is 5.69 Å². The lowest BCUT2D eigenvalue weighted by Gasteiger charge is -2.11. The number of benzene rings is 3. The predicted molar refractivity (Wildman–Crippen MR) is 118 cm³/mol. The van der Waals surface area contributed by atoms with Gasteiger partial charge in [0.1, 0.15) is 18.1 Å². The SMILES string of the molecule is COc1ccc(/C=N\NC(=O)c2ccccc2OC)cc1COc1ccccc1[N+](=O)[O-]. The van der Waals surface area contributed by atoms with Crippen molar-refractivity contribution in [3.05, 3.63) is 93.5 Å². The van der Waals surface area contributed by atoms with Crippen LogP contribution in [0.5, 0.6) is 17.2 Å². The third kappa shape index (κ3) is 5.39. The first kappa shape index (κ1) is 22.3. The van der Waals surface area contributed by atoms with E-state index in [4.69, 9.17) is 14.2 Å². The minimum absolute atomic E-state index is 0.0449. The molecule has 0 saturated carbocycles. The Morgan fingerprint density at radius 2 is 1.69 bits per heavy atom. The Morgan fingerprint density at radius 3 is 2.41 bits per heavy atom. The number of hydrogen-bond acceptors (Lipinski definition) is 7. The molecule has 1 N–H and O–H groups in total. The Labute approximate surface area is 184 Å². The maximum atomic E-state index is 12.3. The summed E-state index contributed by atoms with van der Waals surface area (Å²) in [5.74, 6) is 0.743. The first-order valence-corrected chi connectivity index (χ1v) is 9.53. The molecule has 0 aliphatic carbocycles.